The molecule has 0 saturated carbocycles. The molecule has 3 heterocycles. The lowest BCUT2D eigenvalue weighted by Gasteiger charge is -2.12. The minimum atomic E-state index is -0.0444. The number of aromatic amines is 1. The fourth-order valence-electron chi connectivity index (χ4n) is 3.18. The van der Waals surface area contributed by atoms with Gasteiger partial charge >= 0.3 is 0 Å². The molecule has 8 heteroatoms. The summed E-state index contributed by atoms with van der Waals surface area (Å²) < 4.78 is 2.36. The van der Waals surface area contributed by atoms with Crippen LogP contribution in [0.2, 0.25) is 5.02 Å². The highest BCUT2D eigenvalue weighted by molar-refractivity contribution is 7.98. The first-order valence-corrected chi connectivity index (χ1v) is 11.2. The van der Waals surface area contributed by atoms with Crippen LogP contribution in [0.25, 0.3) is 21.3 Å². The van der Waals surface area contributed by atoms with E-state index in [1.54, 1.807) is 4.57 Å². The van der Waals surface area contributed by atoms with E-state index in [0.29, 0.717) is 27.2 Å². The van der Waals surface area contributed by atoms with E-state index in [2.05, 4.69) is 9.97 Å². The maximum Gasteiger partial charge on any atom is 0.272 e. The molecule has 0 atom stereocenters. The number of H-pyrrole nitrogens is 1. The average Bonchev–Trinajstić information content (AvgIpc) is 3.36. The van der Waals surface area contributed by atoms with Crippen molar-refractivity contribution in [3.05, 3.63) is 86.7 Å². The first kappa shape index (κ1) is 18.4. The number of hydrogen-bond donors (Lipinski definition) is 1. The Morgan fingerprint density at radius 1 is 1.03 bits per heavy atom. The Morgan fingerprint density at radius 2 is 1.86 bits per heavy atom. The third-order valence-electron chi connectivity index (χ3n) is 4.59. The summed E-state index contributed by atoms with van der Waals surface area (Å²) in [6, 6.07) is 17.4. The van der Waals surface area contributed by atoms with Gasteiger partial charge < -0.3 is 4.98 Å². The Morgan fingerprint density at radius 3 is 2.72 bits per heavy atom. The third-order valence-corrected chi connectivity index (χ3v) is 6.84. The fraction of sp³-hybridized carbons (Fsp3) is 0.0952. The first-order valence-electron chi connectivity index (χ1n) is 8.97. The summed E-state index contributed by atoms with van der Waals surface area (Å²) in [5.41, 5.74) is 3.50. The number of rotatable bonds is 5. The molecule has 0 aliphatic heterocycles. The molecular formula is C21H15ClN4OS2. The van der Waals surface area contributed by atoms with Crippen molar-refractivity contribution in [3.63, 3.8) is 0 Å². The number of thioether (sulfide) groups is 1. The van der Waals surface area contributed by atoms with Crippen LogP contribution < -0.4 is 5.56 Å². The van der Waals surface area contributed by atoms with Gasteiger partial charge in [-0.15, -0.1) is 11.3 Å². The summed E-state index contributed by atoms with van der Waals surface area (Å²) in [5.74, 6) is 1.43. The first-order chi connectivity index (χ1) is 14.2. The zero-order chi connectivity index (χ0) is 19.8. The second-order valence-electron chi connectivity index (χ2n) is 6.50. The van der Waals surface area contributed by atoms with Crippen LogP contribution in [0.15, 0.2) is 69.9 Å². The predicted molar refractivity (Wildman–Crippen MR) is 120 cm³/mol. The van der Waals surface area contributed by atoms with Gasteiger partial charge in [0.25, 0.3) is 5.56 Å². The Labute approximate surface area is 179 Å². The molecular weight excluding hydrogens is 424 g/mol. The van der Waals surface area contributed by atoms with Crippen LogP contribution in [-0.4, -0.2) is 19.5 Å². The Balaban J connectivity index is 1.53. The zero-order valence-electron chi connectivity index (χ0n) is 15.1. The molecule has 2 aromatic carbocycles. The van der Waals surface area contributed by atoms with Crippen molar-refractivity contribution in [2.24, 2.45) is 0 Å². The summed E-state index contributed by atoms with van der Waals surface area (Å²) in [6.45, 7) is 0.377. The number of halogens is 1. The smallest absolute Gasteiger partial charge is 0.272 e. The molecule has 0 spiro atoms. The van der Waals surface area contributed by atoms with Gasteiger partial charge in [-0.05, 0) is 35.2 Å². The van der Waals surface area contributed by atoms with Crippen molar-refractivity contribution >= 4 is 55.9 Å². The highest BCUT2D eigenvalue weighted by Gasteiger charge is 2.15. The second-order valence-corrected chi connectivity index (χ2v) is 8.77. The number of hydrogen-bond acceptors (Lipinski definition) is 5. The van der Waals surface area contributed by atoms with Gasteiger partial charge in [0.2, 0.25) is 0 Å². The maximum absolute atomic E-state index is 13.1. The van der Waals surface area contributed by atoms with Crippen LogP contribution >= 0.6 is 34.7 Å². The van der Waals surface area contributed by atoms with Crippen molar-refractivity contribution < 1.29 is 0 Å². The molecule has 29 heavy (non-hydrogen) atoms. The fourth-order valence-corrected chi connectivity index (χ4v) is 5.02. The summed E-state index contributed by atoms with van der Waals surface area (Å²) >= 11 is 9.24. The van der Waals surface area contributed by atoms with Gasteiger partial charge in [-0.1, -0.05) is 53.7 Å². The van der Waals surface area contributed by atoms with E-state index in [0.717, 1.165) is 27.9 Å². The number of thiophene rings is 1. The summed E-state index contributed by atoms with van der Waals surface area (Å²) in [6.07, 6.45) is 0. The standard InChI is InChI=1S/C21H15ClN4OS2/c22-14-6-2-1-5-13(14)11-26-20(27)19-17(9-10-28-19)25-21(26)29-12-18-23-15-7-3-4-8-16(15)24-18/h1-10H,11-12H2,(H,23,24). The summed E-state index contributed by atoms with van der Waals surface area (Å²) in [7, 11) is 0. The molecule has 0 bridgehead atoms. The molecule has 144 valence electrons. The molecule has 0 radical (unpaired) electrons. The lowest BCUT2D eigenvalue weighted by atomic mass is 10.2. The van der Waals surface area contributed by atoms with Crippen molar-refractivity contribution in [2.45, 2.75) is 17.5 Å². The number of nitrogens with zero attached hydrogens (tertiary/aromatic N) is 3. The molecule has 0 aliphatic carbocycles. The third kappa shape index (κ3) is 3.57. The molecule has 0 amide bonds. The highest BCUT2D eigenvalue weighted by atomic mass is 35.5. The van der Waals surface area contributed by atoms with E-state index in [9.17, 15) is 4.79 Å². The van der Waals surface area contributed by atoms with Gasteiger partial charge in [0, 0.05) is 5.02 Å². The monoisotopic (exact) mass is 438 g/mol. The minimum Gasteiger partial charge on any atom is -0.341 e. The molecule has 0 fully saturated rings. The van der Waals surface area contributed by atoms with Crippen LogP contribution in [0, 0.1) is 0 Å². The van der Waals surface area contributed by atoms with Crippen molar-refractivity contribution in [1.82, 2.24) is 19.5 Å². The number of fused-ring (bicyclic) bond motifs is 2. The predicted octanol–water partition coefficient (Wildman–Crippen LogP) is 5.33. The summed E-state index contributed by atoms with van der Waals surface area (Å²) in [5, 5.41) is 3.19. The maximum atomic E-state index is 13.1. The van der Waals surface area contributed by atoms with E-state index in [1.807, 2.05) is 60.0 Å². The molecule has 5 aromatic rings. The lowest BCUT2D eigenvalue weighted by Crippen LogP contribution is -2.23. The van der Waals surface area contributed by atoms with Crippen molar-refractivity contribution in [3.8, 4) is 0 Å². The summed E-state index contributed by atoms with van der Waals surface area (Å²) in [4.78, 5) is 25.8. The zero-order valence-corrected chi connectivity index (χ0v) is 17.5. The highest BCUT2D eigenvalue weighted by Crippen LogP contribution is 2.26. The Kier molecular flexibility index (Phi) is 4.87. The second kappa shape index (κ2) is 7.67. The number of imidazole rings is 1. The van der Waals surface area contributed by atoms with Gasteiger partial charge in [0.15, 0.2) is 5.16 Å². The Bertz CT molecular complexity index is 1360. The number of aromatic nitrogens is 4. The van der Waals surface area contributed by atoms with Crippen LogP contribution in [-0.2, 0) is 12.3 Å². The molecule has 5 nitrogen and oxygen atoms in total. The molecule has 1 N–H and O–H groups in total. The molecule has 0 saturated heterocycles. The van der Waals surface area contributed by atoms with Gasteiger partial charge in [0.05, 0.1) is 28.8 Å². The average molecular weight is 439 g/mol. The van der Waals surface area contributed by atoms with Crippen LogP contribution in [0.5, 0.6) is 0 Å². The normalized spacial score (nSPS) is 11.5. The van der Waals surface area contributed by atoms with Gasteiger partial charge in [-0.25, -0.2) is 9.97 Å². The van der Waals surface area contributed by atoms with Gasteiger partial charge in [-0.3, -0.25) is 9.36 Å². The number of para-hydroxylation sites is 2. The Hall–Kier alpha value is -2.61. The molecule has 5 rings (SSSR count). The molecule has 3 aromatic heterocycles. The van der Waals surface area contributed by atoms with Gasteiger partial charge in [0.1, 0.15) is 10.5 Å². The topological polar surface area (TPSA) is 63.6 Å². The number of nitrogens with one attached hydrogen (secondary N) is 1. The SMILES string of the molecule is O=c1c2sccc2nc(SCc2nc3ccccc3[nH]2)n1Cc1ccccc1Cl. The van der Waals surface area contributed by atoms with Crippen LogP contribution in [0.1, 0.15) is 11.4 Å². The minimum absolute atomic E-state index is 0.0444. The largest absolute Gasteiger partial charge is 0.341 e. The van der Waals surface area contributed by atoms with E-state index >= 15 is 0 Å². The van der Waals surface area contributed by atoms with E-state index in [4.69, 9.17) is 16.6 Å². The quantitative estimate of drug-likeness (QED) is 0.297. The van der Waals surface area contributed by atoms with Crippen LogP contribution in [0.4, 0.5) is 0 Å². The van der Waals surface area contributed by atoms with Crippen molar-refractivity contribution in [1.29, 1.82) is 0 Å². The van der Waals surface area contributed by atoms with E-state index in [-0.39, 0.29) is 5.56 Å². The lowest BCUT2D eigenvalue weighted by molar-refractivity contribution is 0.659. The van der Waals surface area contributed by atoms with Crippen molar-refractivity contribution in [2.75, 3.05) is 0 Å². The van der Waals surface area contributed by atoms with E-state index in [1.165, 1.54) is 23.1 Å². The van der Waals surface area contributed by atoms with Gasteiger partial charge in [-0.2, -0.15) is 0 Å². The molecule has 0 aliphatic rings. The molecule has 0 unspecified atom stereocenters. The van der Waals surface area contributed by atoms with E-state index < -0.39 is 0 Å². The number of benzene rings is 2. The van der Waals surface area contributed by atoms with Crippen LogP contribution in [0.3, 0.4) is 0 Å².